The molecule has 0 atom stereocenters. The molecule has 0 amide bonds. The number of hydrogen-bond acceptors (Lipinski definition) is 3. The SMILES string of the molecule is CSc1cccc(NS(=O)(=O)c2ccc(C(F)(F)F)cc2)c1. The highest BCUT2D eigenvalue weighted by molar-refractivity contribution is 7.98. The summed E-state index contributed by atoms with van der Waals surface area (Å²) in [4.78, 5) is 0.641. The quantitative estimate of drug-likeness (QED) is 0.842. The standard InChI is InChI=1S/C14H12F3NO2S2/c1-21-12-4-2-3-11(9-12)18-22(19,20)13-7-5-10(6-8-13)14(15,16)17/h2-9,18H,1H3. The number of halogens is 3. The molecule has 118 valence electrons. The summed E-state index contributed by atoms with van der Waals surface area (Å²) in [5.41, 5.74) is -0.539. The first-order valence-corrected chi connectivity index (χ1v) is 8.77. The Labute approximate surface area is 130 Å². The van der Waals surface area contributed by atoms with Crippen molar-refractivity contribution >= 4 is 27.5 Å². The number of benzene rings is 2. The fourth-order valence-electron chi connectivity index (χ4n) is 1.72. The van der Waals surface area contributed by atoms with Crippen molar-refractivity contribution < 1.29 is 21.6 Å². The van der Waals surface area contributed by atoms with E-state index in [-0.39, 0.29) is 4.90 Å². The molecule has 0 aliphatic heterocycles. The molecule has 0 aromatic heterocycles. The Kier molecular flexibility index (Phi) is 4.72. The van der Waals surface area contributed by atoms with Crippen LogP contribution in [0.1, 0.15) is 5.56 Å². The Morgan fingerprint density at radius 2 is 1.68 bits per heavy atom. The third-order valence-electron chi connectivity index (χ3n) is 2.81. The normalized spacial score (nSPS) is 12.2. The molecule has 1 N–H and O–H groups in total. The van der Waals surface area contributed by atoms with E-state index in [2.05, 4.69) is 4.72 Å². The Bertz CT molecular complexity index is 756. The van der Waals surface area contributed by atoms with E-state index in [4.69, 9.17) is 0 Å². The number of hydrogen-bond donors (Lipinski definition) is 1. The molecule has 0 bridgehead atoms. The predicted molar refractivity (Wildman–Crippen MR) is 80.5 cm³/mol. The van der Waals surface area contributed by atoms with Crippen LogP contribution in [-0.4, -0.2) is 14.7 Å². The molecule has 0 aliphatic rings. The van der Waals surface area contributed by atoms with Crippen LogP contribution in [0.4, 0.5) is 18.9 Å². The van der Waals surface area contributed by atoms with Crippen LogP contribution in [0.5, 0.6) is 0 Å². The van der Waals surface area contributed by atoms with E-state index >= 15 is 0 Å². The minimum atomic E-state index is -4.50. The lowest BCUT2D eigenvalue weighted by molar-refractivity contribution is -0.137. The second-order valence-corrected chi connectivity index (χ2v) is 6.92. The summed E-state index contributed by atoms with van der Waals surface area (Å²) in [6.45, 7) is 0. The van der Waals surface area contributed by atoms with E-state index < -0.39 is 21.8 Å². The van der Waals surface area contributed by atoms with E-state index in [1.807, 2.05) is 12.3 Å². The van der Waals surface area contributed by atoms with Gasteiger partial charge in [-0.3, -0.25) is 4.72 Å². The zero-order valence-corrected chi connectivity index (χ0v) is 13.0. The second-order valence-electron chi connectivity index (χ2n) is 4.36. The van der Waals surface area contributed by atoms with Crippen molar-refractivity contribution in [2.45, 2.75) is 16.0 Å². The zero-order chi connectivity index (χ0) is 16.4. The maximum Gasteiger partial charge on any atom is 0.416 e. The van der Waals surface area contributed by atoms with Crippen molar-refractivity contribution in [1.82, 2.24) is 0 Å². The highest BCUT2D eigenvalue weighted by Crippen LogP contribution is 2.30. The molecule has 2 aromatic rings. The van der Waals surface area contributed by atoms with Crippen LogP contribution in [-0.2, 0) is 16.2 Å². The lowest BCUT2D eigenvalue weighted by Gasteiger charge is -2.10. The Morgan fingerprint density at radius 1 is 1.05 bits per heavy atom. The molecule has 3 nitrogen and oxygen atoms in total. The molecule has 8 heteroatoms. The van der Waals surface area contributed by atoms with E-state index in [1.54, 1.807) is 18.2 Å². The zero-order valence-electron chi connectivity index (χ0n) is 11.4. The molecule has 0 saturated heterocycles. The first-order valence-electron chi connectivity index (χ1n) is 6.06. The van der Waals surface area contributed by atoms with Gasteiger partial charge < -0.3 is 0 Å². The summed E-state index contributed by atoms with van der Waals surface area (Å²) in [6, 6.07) is 10.1. The Morgan fingerprint density at radius 3 is 2.23 bits per heavy atom. The van der Waals surface area contributed by atoms with Gasteiger partial charge in [-0.15, -0.1) is 11.8 Å². The molecule has 0 saturated carbocycles. The smallest absolute Gasteiger partial charge is 0.280 e. The average molecular weight is 347 g/mol. The maximum absolute atomic E-state index is 12.5. The molecule has 0 heterocycles. The fraction of sp³-hybridized carbons (Fsp3) is 0.143. The first kappa shape index (κ1) is 16.7. The Hall–Kier alpha value is -1.67. The van der Waals surface area contributed by atoms with Gasteiger partial charge in [-0.05, 0) is 48.7 Å². The van der Waals surface area contributed by atoms with Gasteiger partial charge in [0, 0.05) is 10.6 Å². The minimum absolute atomic E-state index is 0.227. The van der Waals surface area contributed by atoms with E-state index in [0.717, 1.165) is 29.2 Å². The van der Waals surface area contributed by atoms with Crippen molar-refractivity contribution in [3.8, 4) is 0 Å². The van der Waals surface area contributed by atoms with Crippen LogP contribution in [0.2, 0.25) is 0 Å². The topological polar surface area (TPSA) is 46.2 Å². The van der Waals surface area contributed by atoms with Crippen LogP contribution in [0.25, 0.3) is 0 Å². The molecule has 0 fully saturated rings. The molecular weight excluding hydrogens is 335 g/mol. The number of thioether (sulfide) groups is 1. The number of anilines is 1. The van der Waals surface area contributed by atoms with Crippen molar-refractivity contribution in [2.24, 2.45) is 0 Å². The first-order chi connectivity index (χ1) is 10.2. The summed E-state index contributed by atoms with van der Waals surface area (Å²) in [6.07, 6.45) is -2.65. The fourth-order valence-corrected chi connectivity index (χ4v) is 3.23. The summed E-state index contributed by atoms with van der Waals surface area (Å²) >= 11 is 1.45. The molecule has 2 aromatic carbocycles. The molecular formula is C14H12F3NO2S2. The van der Waals surface area contributed by atoms with Gasteiger partial charge >= 0.3 is 6.18 Å². The van der Waals surface area contributed by atoms with Crippen LogP contribution in [0.15, 0.2) is 58.3 Å². The van der Waals surface area contributed by atoms with Crippen LogP contribution in [0.3, 0.4) is 0 Å². The van der Waals surface area contributed by atoms with Crippen molar-refractivity contribution in [2.75, 3.05) is 11.0 Å². The van der Waals surface area contributed by atoms with Gasteiger partial charge in [-0.25, -0.2) is 8.42 Å². The molecule has 0 unspecified atom stereocenters. The van der Waals surface area contributed by atoms with Gasteiger partial charge in [0.05, 0.1) is 10.5 Å². The number of rotatable bonds is 4. The van der Waals surface area contributed by atoms with Crippen LogP contribution >= 0.6 is 11.8 Å². The van der Waals surface area contributed by atoms with Gasteiger partial charge in [0.15, 0.2) is 0 Å². The molecule has 22 heavy (non-hydrogen) atoms. The Balaban J connectivity index is 2.26. The van der Waals surface area contributed by atoms with E-state index in [1.165, 1.54) is 11.8 Å². The number of nitrogens with one attached hydrogen (secondary N) is 1. The molecule has 2 rings (SSSR count). The van der Waals surface area contributed by atoms with Crippen LogP contribution < -0.4 is 4.72 Å². The van der Waals surface area contributed by atoms with Crippen molar-refractivity contribution in [3.63, 3.8) is 0 Å². The number of sulfonamides is 1. The van der Waals surface area contributed by atoms with Gasteiger partial charge in [0.25, 0.3) is 10.0 Å². The maximum atomic E-state index is 12.5. The van der Waals surface area contributed by atoms with Gasteiger partial charge in [0.2, 0.25) is 0 Å². The van der Waals surface area contributed by atoms with Gasteiger partial charge in [-0.1, -0.05) is 6.07 Å². The third kappa shape index (κ3) is 3.95. The lowest BCUT2D eigenvalue weighted by atomic mass is 10.2. The van der Waals surface area contributed by atoms with Crippen LogP contribution in [0, 0.1) is 0 Å². The van der Waals surface area contributed by atoms with Crippen molar-refractivity contribution in [3.05, 3.63) is 54.1 Å². The molecule has 0 spiro atoms. The summed E-state index contributed by atoms with van der Waals surface area (Å²) < 4.78 is 64.1. The number of alkyl halides is 3. The van der Waals surface area contributed by atoms with E-state index in [9.17, 15) is 21.6 Å². The minimum Gasteiger partial charge on any atom is -0.280 e. The highest BCUT2D eigenvalue weighted by atomic mass is 32.2. The summed E-state index contributed by atoms with van der Waals surface area (Å²) in [5.74, 6) is 0. The average Bonchev–Trinajstić information content (AvgIpc) is 2.46. The molecule has 0 radical (unpaired) electrons. The predicted octanol–water partition coefficient (Wildman–Crippen LogP) is 4.23. The van der Waals surface area contributed by atoms with Gasteiger partial charge in [-0.2, -0.15) is 13.2 Å². The monoisotopic (exact) mass is 347 g/mol. The summed E-state index contributed by atoms with van der Waals surface area (Å²) in [5, 5.41) is 0. The lowest BCUT2D eigenvalue weighted by Crippen LogP contribution is -2.13. The van der Waals surface area contributed by atoms with Gasteiger partial charge in [0.1, 0.15) is 0 Å². The largest absolute Gasteiger partial charge is 0.416 e. The highest BCUT2D eigenvalue weighted by Gasteiger charge is 2.30. The second kappa shape index (κ2) is 6.21. The van der Waals surface area contributed by atoms with E-state index in [0.29, 0.717) is 5.69 Å². The van der Waals surface area contributed by atoms with Crippen molar-refractivity contribution in [1.29, 1.82) is 0 Å². The third-order valence-corrected chi connectivity index (χ3v) is 4.94. The molecule has 0 aliphatic carbocycles. The summed E-state index contributed by atoms with van der Waals surface area (Å²) in [7, 11) is -3.93.